The minimum atomic E-state index is -0.162. The van der Waals surface area contributed by atoms with Gasteiger partial charge in [0.1, 0.15) is 11.5 Å². The van der Waals surface area contributed by atoms with Gasteiger partial charge in [-0.25, -0.2) is 0 Å². The summed E-state index contributed by atoms with van der Waals surface area (Å²) in [5.74, 6) is 1.67. The first kappa shape index (κ1) is 17.9. The predicted molar refractivity (Wildman–Crippen MR) is 95.6 cm³/mol. The Hall–Kier alpha value is -2.49. The van der Waals surface area contributed by atoms with Crippen molar-refractivity contribution in [3.8, 4) is 11.5 Å². The zero-order chi connectivity index (χ0) is 17.5. The molecule has 0 bridgehead atoms. The van der Waals surface area contributed by atoms with Crippen LogP contribution in [0.15, 0.2) is 48.5 Å². The molecule has 0 aliphatic carbocycles. The number of amides is 1. The SMILES string of the molecule is COc1ccc(OC)c([C@H](C)NC(=O)C[C@H](C)c2ccccc2)c1. The van der Waals surface area contributed by atoms with Gasteiger partial charge in [0, 0.05) is 12.0 Å². The lowest BCUT2D eigenvalue weighted by Crippen LogP contribution is -2.27. The molecule has 0 spiro atoms. The highest BCUT2D eigenvalue weighted by Gasteiger charge is 2.17. The monoisotopic (exact) mass is 327 g/mol. The Labute approximate surface area is 143 Å². The molecule has 0 saturated heterocycles. The number of rotatable bonds is 7. The van der Waals surface area contributed by atoms with Gasteiger partial charge < -0.3 is 14.8 Å². The van der Waals surface area contributed by atoms with Gasteiger partial charge in [-0.2, -0.15) is 0 Å². The highest BCUT2D eigenvalue weighted by Crippen LogP contribution is 2.29. The molecule has 0 unspecified atom stereocenters. The Bertz CT molecular complexity index is 670. The minimum Gasteiger partial charge on any atom is -0.497 e. The number of nitrogens with one attached hydrogen (secondary N) is 1. The van der Waals surface area contributed by atoms with Crippen molar-refractivity contribution in [2.75, 3.05) is 14.2 Å². The molecule has 0 aromatic heterocycles. The van der Waals surface area contributed by atoms with Crippen molar-refractivity contribution in [2.24, 2.45) is 0 Å². The van der Waals surface area contributed by atoms with Crippen molar-refractivity contribution in [3.63, 3.8) is 0 Å². The number of benzene rings is 2. The maximum atomic E-state index is 12.4. The van der Waals surface area contributed by atoms with E-state index in [0.717, 1.165) is 17.1 Å². The molecule has 0 heterocycles. The fourth-order valence-electron chi connectivity index (χ4n) is 2.73. The first-order valence-electron chi connectivity index (χ1n) is 8.11. The minimum absolute atomic E-state index is 0.0173. The standard InChI is InChI=1S/C20H25NO3/c1-14(16-8-6-5-7-9-16)12-20(22)21-15(2)18-13-17(23-3)10-11-19(18)24-4/h5-11,13-15H,12H2,1-4H3,(H,21,22)/t14-,15-/m0/s1. The van der Waals surface area contributed by atoms with Crippen LogP contribution < -0.4 is 14.8 Å². The number of hydrogen-bond donors (Lipinski definition) is 1. The maximum absolute atomic E-state index is 12.4. The molecular weight excluding hydrogens is 302 g/mol. The molecule has 1 N–H and O–H groups in total. The molecule has 4 heteroatoms. The summed E-state index contributed by atoms with van der Waals surface area (Å²) in [4.78, 5) is 12.4. The predicted octanol–water partition coefficient (Wildman–Crippen LogP) is 4.07. The van der Waals surface area contributed by atoms with Crippen LogP contribution in [0.25, 0.3) is 0 Å². The van der Waals surface area contributed by atoms with E-state index >= 15 is 0 Å². The summed E-state index contributed by atoms with van der Waals surface area (Å²) in [6.07, 6.45) is 0.445. The second-order valence-electron chi connectivity index (χ2n) is 5.91. The summed E-state index contributed by atoms with van der Waals surface area (Å²) >= 11 is 0. The van der Waals surface area contributed by atoms with Crippen LogP contribution in [0, 0.1) is 0 Å². The van der Waals surface area contributed by atoms with E-state index in [9.17, 15) is 4.79 Å². The van der Waals surface area contributed by atoms with E-state index in [0.29, 0.717) is 6.42 Å². The first-order valence-corrected chi connectivity index (χ1v) is 8.11. The van der Waals surface area contributed by atoms with Gasteiger partial charge in [0.2, 0.25) is 5.91 Å². The van der Waals surface area contributed by atoms with Gasteiger partial charge in [-0.05, 0) is 36.6 Å². The Morgan fingerprint density at radius 2 is 1.75 bits per heavy atom. The zero-order valence-corrected chi connectivity index (χ0v) is 14.7. The summed E-state index contributed by atoms with van der Waals surface area (Å²) in [5.41, 5.74) is 2.07. The average molecular weight is 327 g/mol. The van der Waals surface area contributed by atoms with Crippen molar-refractivity contribution >= 4 is 5.91 Å². The van der Waals surface area contributed by atoms with Crippen molar-refractivity contribution in [2.45, 2.75) is 32.2 Å². The fourth-order valence-corrected chi connectivity index (χ4v) is 2.73. The lowest BCUT2D eigenvalue weighted by molar-refractivity contribution is -0.122. The molecule has 2 aromatic rings. The molecule has 2 rings (SSSR count). The summed E-state index contributed by atoms with van der Waals surface area (Å²) < 4.78 is 10.7. The van der Waals surface area contributed by atoms with Crippen LogP contribution in [-0.4, -0.2) is 20.1 Å². The lowest BCUT2D eigenvalue weighted by Gasteiger charge is -2.19. The molecule has 0 fully saturated rings. The fraction of sp³-hybridized carbons (Fsp3) is 0.350. The van der Waals surface area contributed by atoms with Crippen LogP contribution in [0.5, 0.6) is 11.5 Å². The molecule has 0 saturated carbocycles. The number of hydrogen-bond acceptors (Lipinski definition) is 3. The molecule has 2 aromatic carbocycles. The molecular formula is C20H25NO3. The number of carbonyl (C=O) groups is 1. The van der Waals surface area contributed by atoms with Gasteiger partial charge in [-0.15, -0.1) is 0 Å². The van der Waals surface area contributed by atoms with Crippen molar-refractivity contribution in [1.29, 1.82) is 0 Å². The van der Waals surface area contributed by atoms with E-state index in [-0.39, 0.29) is 17.9 Å². The quantitative estimate of drug-likeness (QED) is 0.834. The number of methoxy groups -OCH3 is 2. The number of ether oxygens (including phenoxy) is 2. The molecule has 2 atom stereocenters. The van der Waals surface area contributed by atoms with Gasteiger partial charge in [0.25, 0.3) is 0 Å². The van der Waals surface area contributed by atoms with E-state index < -0.39 is 0 Å². The maximum Gasteiger partial charge on any atom is 0.221 e. The molecule has 128 valence electrons. The average Bonchev–Trinajstić information content (AvgIpc) is 2.61. The van der Waals surface area contributed by atoms with Crippen LogP contribution in [0.2, 0.25) is 0 Å². The normalized spacial score (nSPS) is 13.0. The molecule has 0 aliphatic rings. The van der Waals surface area contributed by atoms with Gasteiger partial charge >= 0.3 is 0 Å². The topological polar surface area (TPSA) is 47.6 Å². The third kappa shape index (κ3) is 4.51. The van der Waals surface area contributed by atoms with Gasteiger partial charge in [0.15, 0.2) is 0 Å². The van der Waals surface area contributed by atoms with Crippen LogP contribution in [-0.2, 0) is 4.79 Å². The Balaban J connectivity index is 2.03. The lowest BCUT2D eigenvalue weighted by atomic mass is 9.97. The zero-order valence-electron chi connectivity index (χ0n) is 14.7. The first-order chi connectivity index (χ1) is 11.5. The van der Waals surface area contributed by atoms with Gasteiger partial charge in [-0.3, -0.25) is 4.79 Å². The van der Waals surface area contributed by atoms with Gasteiger partial charge in [-0.1, -0.05) is 37.3 Å². The molecule has 0 aliphatic heterocycles. The summed E-state index contributed by atoms with van der Waals surface area (Å²) in [5, 5.41) is 3.05. The summed E-state index contributed by atoms with van der Waals surface area (Å²) in [7, 11) is 3.24. The molecule has 0 radical (unpaired) electrons. The Kier molecular flexibility index (Phi) is 6.24. The van der Waals surface area contributed by atoms with E-state index in [2.05, 4.69) is 12.2 Å². The highest BCUT2D eigenvalue weighted by atomic mass is 16.5. The summed E-state index contributed by atoms with van der Waals surface area (Å²) in [6, 6.07) is 15.5. The van der Waals surface area contributed by atoms with Crippen molar-refractivity contribution in [1.82, 2.24) is 5.32 Å². The van der Waals surface area contributed by atoms with Crippen molar-refractivity contribution < 1.29 is 14.3 Å². The van der Waals surface area contributed by atoms with E-state index in [1.807, 2.05) is 55.5 Å². The van der Waals surface area contributed by atoms with E-state index in [4.69, 9.17) is 9.47 Å². The second-order valence-corrected chi connectivity index (χ2v) is 5.91. The van der Waals surface area contributed by atoms with Crippen LogP contribution in [0.4, 0.5) is 0 Å². The van der Waals surface area contributed by atoms with E-state index in [1.54, 1.807) is 14.2 Å². The highest BCUT2D eigenvalue weighted by molar-refractivity contribution is 5.77. The third-order valence-corrected chi connectivity index (χ3v) is 4.14. The van der Waals surface area contributed by atoms with Gasteiger partial charge in [0.05, 0.1) is 20.3 Å². The summed E-state index contributed by atoms with van der Waals surface area (Å²) in [6.45, 7) is 4.01. The molecule has 4 nitrogen and oxygen atoms in total. The second kappa shape index (κ2) is 8.39. The smallest absolute Gasteiger partial charge is 0.221 e. The van der Waals surface area contributed by atoms with Crippen LogP contribution in [0.1, 0.15) is 43.4 Å². The molecule has 1 amide bonds. The van der Waals surface area contributed by atoms with Crippen LogP contribution >= 0.6 is 0 Å². The Morgan fingerprint density at radius 3 is 2.38 bits per heavy atom. The van der Waals surface area contributed by atoms with E-state index in [1.165, 1.54) is 5.56 Å². The molecule has 24 heavy (non-hydrogen) atoms. The largest absolute Gasteiger partial charge is 0.497 e. The Morgan fingerprint density at radius 1 is 1.04 bits per heavy atom. The number of carbonyl (C=O) groups excluding carboxylic acids is 1. The third-order valence-electron chi connectivity index (χ3n) is 4.14. The van der Waals surface area contributed by atoms with Crippen molar-refractivity contribution in [3.05, 3.63) is 59.7 Å². The van der Waals surface area contributed by atoms with Crippen LogP contribution in [0.3, 0.4) is 0 Å².